The van der Waals surface area contributed by atoms with Crippen LogP contribution >= 0.6 is 23.5 Å². The number of hydrogen-bond donors (Lipinski definition) is 6. The summed E-state index contributed by atoms with van der Waals surface area (Å²) in [6.07, 6.45) is -2.67. The van der Waals surface area contributed by atoms with Crippen LogP contribution in [0.1, 0.15) is 18.2 Å². The number of aryl methyl sites for hydroxylation is 1. The maximum absolute atomic E-state index is 11.9. The maximum atomic E-state index is 11.9. The van der Waals surface area contributed by atoms with Crippen LogP contribution in [-0.2, 0) is 31.6 Å². The third-order valence-electron chi connectivity index (χ3n) is 3.48. The Morgan fingerprint density at radius 3 is 2.26 bits per heavy atom. The Morgan fingerprint density at radius 2 is 1.71 bits per heavy atom. The number of phosphoric ester groups is 1. The van der Waals surface area contributed by atoms with E-state index in [1.54, 1.807) is 0 Å². The van der Waals surface area contributed by atoms with Crippen molar-refractivity contribution in [3.05, 3.63) is 32.6 Å². The van der Waals surface area contributed by atoms with E-state index in [4.69, 9.17) is 19.4 Å². The Bertz CT molecular complexity index is 1020. The van der Waals surface area contributed by atoms with Gasteiger partial charge < -0.3 is 29.4 Å². The van der Waals surface area contributed by atoms with Gasteiger partial charge in [0.15, 0.2) is 0 Å². The fraction of sp³-hybridized carbons (Fsp3) is 0.600. The molecule has 5 atom stereocenters. The van der Waals surface area contributed by atoms with E-state index in [9.17, 15) is 33.3 Å². The molecule has 1 aliphatic rings. The molecule has 0 aliphatic carbocycles. The summed E-state index contributed by atoms with van der Waals surface area (Å²) >= 11 is 0. The predicted octanol–water partition coefficient (Wildman–Crippen LogP) is -2.46. The Kier molecular flexibility index (Phi) is 12.5. The average molecular weight is 530 g/mol. The first kappa shape index (κ1) is 32.0. The molecule has 0 radical (unpaired) electrons. The third kappa shape index (κ3) is 10.0. The van der Waals surface area contributed by atoms with Gasteiger partial charge in [0, 0.05) is 18.2 Å². The van der Waals surface area contributed by atoms with E-state index < -0.39 is 59.8 Å². The van der Waals surface area contributed by atoms with E-state index in [2.05, 4.69) is 13.1 Å². The van der Waals surface area contributed by atoms with Crippen molar-refractivity contribution in [2.45, 2.75) is 31.8 Å². The molecule has 1 aromatic rings. The number of nitrogens with zero attached hydrogens (tertiary/aromatic N) is 1. The molecule has 6 N–H and O–H groups in total. The first-order valence-electron chi connectivity index (χ1n) is 7.52. The van der Waals surface area contributed by atoms with Crippen LogP contribution in [0.4, 0.5) is 0 Å². The van der Waals surface area contributed by atoms with Crippen molar-refractivity contribution in [3.8, 4) is 0 Å². The van der Waals surface area contributed by atoms with Gasteiger partial charge in [0.25, 0.3) is 5.56 Å². The Balaban J connectivity index is 0.00000450. The van der Waals surface area contributed by atoms with Crippen molar-refractivity contribution in [3.63, 3.8) is 0 Å². The number of aliphatic hydroxyl groups excluding tert-OH is 1. The van der Waals surface area contributed by atoms with E-state index in [1.165, 1.54) is 13.1 Å². The molecule has 0 amide bonds. The van der Waals surface area contributed by atoms with Crippen LogP contribution in [0.15, 0.2) is 15.8 Å². The third-order valence-corrected chi connectivity index (χ3v) is 7.28. The first-order valence-corrected chi connectivity index (χ1v) is 12.0. The van der Waals surface area contributed by atoms with Crippen molar-refractivity contribution in [1.82, 2.24) is 9.55 Å². The van der Waals surface area contributed by atoms with E-state index in [1.807, 2.05) is 4.98 Å². The minimum absolute atomic E-state index is 0. The van der Waals surface area contributed by atoms with E-state index in [-0.39, 0.29) is 71.1 Å². The number of aromatic amines is 1. The number of H-pyrrole nitrogens is 1. The number of nitrogens with one attached hydrogen (secondary N) is 1. The summed E-state index contributed by atoms with van der Waals surface area (Å²) in [6.45, 7) is 0.547. The van der Waals surface area contributed by atoms with Gasteiger partial charge in [-0.2, -0.15) is 8.62 Å². The molecule has 21 heteroatoms. The summed E-state index contributed by atoms with van der Waals surface area (Å²) in [6, 6.07) is 0. The second-order valence-corrected chi connectivity index (χ2v) is 10.2. The van der Waals surface area contributed by atoms with Crippen molar-refractivity contribution in [1.29, 1.82) is 0 Å². The number of aliphatic hydroxyl groups is 1. The second kappa shape index (κ2) is 12.1. The molecular formula is C10H19N2Na2O14P3. The molecule has 2 unspecified atom stereocenters. The van der Waals surface area contributed by atoms with Crippen molar-refractivity contribution in [2.75, 3.05) is 6.61 Å². The topological polar surface area (TPSA) is 244 Å². The molecular weight excluding hydrogens is 511 g/mol. The van der Waals surface area contributed by atoms with Crippen LogP contribution in [0.2, 0.25) is 0 Å². The van der Waals surface area contributed by atoms with Gasteiger partial charge in [-0.1, -0.05) is 0 Å². The van der Waals surface area contributed by atoms with Crippen LogP contribution in [0.3, 0.4) is 0 Å². The van der Waals surface area contributed by atoms with Crippen LogP contribution in [-0.4, -0.2) is 112 Å². The number of aromatic nitrogens is 2. The Hall–Kier alpha value is 1.01. The van der Waals surface area contributed by atoms with Crippen molar-refractivity contribution in [2.24, 2.45) is 0 Å². The molecule has 1 saturated heterocycles. The molecule has 16 nitrogen and oxygen atoms in total. The summed E-state index contributed by atoms with van der Waals surface area (Å²) < 4.78 is 51.3. The summed E-state index contributed by atoms with van der Waals surface area (Å²) in [7, 11) is -16.6. The molecule has 2 rings (SSSR count). The van der Waals surface area contributed by atoms with E-state index >= 15 is 0 Å². The van der Waals surface area contributed by atoms with Gasteiger partial charge in [-0.15, -0.1) is 0 Å². The van der Waals surface area contributed by atoms with E-state index in [0.29, 0.717) is 0 Å². The van der Waals surface area contributed by atoms with Gasteiger partial charge in [0.05, 0.1) is 12.7 Å². The molecule has 2 heterocycles. The molecule has 1 aromatic heterocycles. The number of phosphoric acid groups is 3. The summed E-state index contributed by atoms with van der Waals surface area (Å²) in [5.41, 5.74) is -1.26. The SMILES string of the molecule is Cc1cn([C@H]2C[C@H](O)[C@@H](COP(=O)(O)OP(=O)(O)OP(=O)(O)O)O2)c(=O)[nH]c1=O.[NaH].[NaH]. The molecule has 0 spiro atoms. The zero-order chi connectivity index (χ0) is 22.2. The average Bonchev–Trinajstić information content (AvgIpc) is 2.86. The number of ether oxygens (including phenoxy) is 1. The van der Waals surface area contributed by atoms with Gasteiger partial charge in [-0.25, -0.2) is 18.5 Å². The normalized spacial score (nSPS) is 25.0. The van der Waals surface area contributed by atoms with Crippen molar-refractivity contribution >= 4 is 82.6 Å². The fourth-order valence-corrected chi connectivity index (χ4v) is 5.34. The van der Waals surface area contributed by atoms with Crippen LogP contribution < -0.4 is 11.2 Å². The van der Waals surface area contributed by atoms with Crippen LogP contribution in [0.25, 0.3) is 0 Å². The quantitative estimate of drug-likeness (QED) is 0.151. The molecule has 0 aromatic carbocycles. The Morgan fingerprint density at radius 1 is 1.13 bits per heavy atom. The monoisotopic (exact) mass is 530 g/mol. The van der Waals surface area contributed by atoms with Crippen molar-refractivity contribution < 1.29 is 56.3 Å². The zero-order valence-electron chi connectivity index (χ0n) is 14.4. The van der Waals surface area contributed by atoms with Gasteiger partial charge in [0.1, 0.15) is 12.3 Å². The second-order valence-electron chi connectivity index (χ2n) is 5.80. The van der Waals surface area contributed by atoms with Gasteiger partial charge in [0.2, 0.25) is 0 Å². The summed E-state index contributed by atoms with van der Waals surface area (Å²) in [4.78, 5) is 60.6. The van der Waals surface area contributed by atoms with Gasteiger partial charge >= 0.3 is 88.3 Å². The fourth-order valence-electron chi connectivity index (χ4n) is 2.31. The number of rotatable bonds is 8. The van der Waals surface area contributed by atoms with Gasteiger partial charge in [-0.3, -0.25) is 18.9 Å². The Labute approximate surface area is 217 Å². The van der Waals surface area contributed by atoms with E-state index in [0.717, 1.165) is 4.57 Å². The minimum atomic E-state index is -5.67. The molecule has 170 valence electrons. The van der Waals surface area contributed by atoms with Crippen LogP contribution in [0, 0.1) is 6.92 Å². The summed E-state index contributed by atoms with van der Waals surface area (Å²) in [5, 5.41) is 9.98. The molecule has 1 fully saturated rings. The number of hydrogen-bond acceptors (Lipinski definition) is 10. The molecule has 1 aliphatic heterocycles. The molecule has 0 saturated carbocycles. The standard InChI is InChI=1S/C10H17N2O14P3.2Na.2H/c1-5-3-12(10(15)11-9(5)14)8-2-6(13)7(24-8)4-23-28(19,20)26-29(21,22)25-27(16,17)18;;;;/h3,6-8,13H,2,4H2,1H3,(H,19,20)(H,21,22)(H,11,14,15)(H2,16,17,18);;;;/t6-,7+,8+;;;;/m0..../s1. The molecule has 0 bridgehead atoms. The first-order chi connectivity index (χ1) is 13.1. The van der Waals surface area contributed by atoms with Crippen LogP contribution in [0.5, 0.6) is 0 Å². The summed E-state index contributed by atoms with van der Waals surface area (Å²) in [5.74, 6) is 0. The predicted molar refractivity (Wildman–Crippen MR) is 105 cm³/mol. The van der Waals surface area contributed by atoms with Gasteiger partial charge in [-0.05, 0) is 6.92 Å². The molecule has 31 heavy (non-hydrogen) atoms. The zero-order valence-corrected chi connectivity index (χ0v) is 17.1.